The van der Waals surface area contributed by atoms with Crippen LogP contribution in [-0.4, -0.2) is 22.3 Å². The van der Waals surface area contributed by atoms with Crippen LogP contribution in [0.3, 0.4) is 0 Å². The van der Waals surface area contributed by atoms with Gasteiger partial charge in [-0.05, 0) is 18.1 Å². The standard InChI is InChI=1S/C15H11NO5/c1-9-13(16(20)21)7-11(10-5-3-2-4-6-10)12(8-17)14(9)15(18)19/h2-8H,1H3,(H,18,19). The normalized spacial score (nSPS) is 10.1. The van der Waals surface area contributed by atoms with Crippen LogP contribution in [0.4, 0.5) is 5.69 Å². The van der Waals surface area contributed by atoms with Crippen LogP contribution in [0.1, 0.15) is 26.3 Å². The molecule has 0 aliphatic carbocycles. The Kier molecular flexibility index (Phi) is 3.80. The molecule has 0 aliphatic heterocycles. The van der Waals surface area contributed by atoms with Crippen molar-refractivity contribution in [2.24, 2.45) is 0 Å². The summed E-state index contributed by atoms with van der Waals surface area (Å²) in [6.07, 6.45) is 0.419. The minimum absolute atomic E-state index is 0.0331. The smallest absolute Gasteiger partial charge is 0.336 e. The largest absolute Gasteiger partial charge is 0.478 e. The van der Waals surface area contributed by atoms with Gasteiger partial charge in [-0.25, -0.2) is 4.79 Å². The summed E-state index contributed by atoms with van der Waals surface area (Å²) in [6.45, 7) is 1.32. The Balaban J connectivity index is 2.90. The van der Waals surface area contributed by atoms with Crippen LogP contribution in [0.2, 0.25) is 0 Å². The fourth-order valence-electron chi connectivity index (χ4n) is 2.23. The first kappa shape index (κ1) is 14.4. The highest BCUT2D eigenvalue weighted by Gasteiger charge is 2.25. The lowest BCUT2D eigenvalue weighted by molar-refractivity contribution is -0.385. The average molecular weight is 285 g/mol. The predicted molar refractivity (Wildman–Crippen MR) is 75.6 cm³/mol. The van der Waals surface area contributed by atoms with E-state index in [4.69, 9.17) is 0 Å². The molecule has 0 spiro atoms. The monoisotopic (exact) mass is 285 g/mol. The van der Waals surface area contributed by atoms with Crippen LogP contribution >= 0.6 is 0 Å². The highest BCUT2D eigenvalue weighted by atomic mass is 16.6. The minimum Gasteiger partial charge on any atom is -0.478 e. The van der Waals surface area contributed by atoms with Gasteiger partial charge in [-0.15, -0.1) is 0 Å². The molecular formula is C15H11NO5. The molecule has 0 saturated heterocycles. The van der Waals surface area contributed by atoms with E-state index in [9.17, 15) is 24.8 Å². The summed E-state index contributed by atoms with van der Waals surface area (Å²) >= 11 is 0. The molecule has 21 heavy (non-hydrogen) atoms. The molecule has 0 fully saturated rings. The topological polar surface area (TPSA) is 97.5 Å². The Labute approximate surface area is 119 Å². The number of hydrogen-bond acceptors (Lipinski definition) is 4. The lowest BCUT2D eigenvalue weighted by Crippen LogP contribution is -2.09. The number of rotatable bonds is 4. The average Bonchev–Trinajstić information content (AvgIpc) is 2.46. The molecule has 6 nitrogen and oxygen atoms in total. The van der Waals surface area contributed by atoms with Gasteiger partial charge in [0.25, 0.3) is 5.69 Å². The molecule has 0 amide bonds. The molecule has 2 aromatic carbocycles. The number of carboxylic acids is 1. The molecule has 0 bridgehead atoms. The maximum Gasteiger partial charge on any atom is 0.336 e. The summed E-state index contributed by atoms with van der Waals surface area (Å²) in [5.41, 5.74) is 0.0338. The molecule has 0 aliphatic rings. The summed E-state index contributed by atoms with van der Waals surface area (Å²) < 4.78 is 0. The quantitative estimate of drug-likeness (QED) is 0.529. The molecule has 0 radical (unpaired) electrons. The third kappa shape index (κ3) is 2.51. The van der Waals surface area contributed by atoms with E-state index in [0.717, 1.165) is 0 Å². The van der Waals surface area contributed by atoms with Gasteiger partial charge in [0.05, 0.1) is 10.5 Å². The van der Waals surface area contributed by atoms with E-state index in [-0.39, 0.29) is 27.9 Å². The van der Waals surface area contributed by atoms with Crippen molar-refractivity contribution < 1.29 is 19.6 Å². The Hall–Kier alpha value is -3.02. The number of nitro benzene ring substituents is 1. The van der Waals surface area contributed by atoms with Gasteiger partial charge in [0, 0.05) is 17.2 Å². The van der Waals surface area contributed by atoms with Crippen LogP contribution in [0.15, 0.2) is 36.4 Å². The lowest BCUT2D eigenvalue weighted by atomic mass is 9.91. The number of benzene rings is 2. The van der Waals surface area contributed by atoms with Gasteiger partial charge >= 0.3 is 5.97 Å². The summed E-state index contributed by atoms with van der Waals surface area (Å²) in [5, 5.41) is 20.4. The van der Waals surface area contributed by atoms with E-state index in [2.05, 4.69) is 0 Å². The molecule has 1 N–H and O–H groups in total. The Morgan fingerprint density at radius 2 is 1.90 bits per heavy atom. The number of aldehydes is 1. The summed E-state index contributed by atoms with van der Waals surface area (Å²) in [5.74, 6) is -1.37. The Morgan fingerprint density at radius 1 is 1.29 bits per heavy atom. The lowest BCUT2D eigenvalue weighted by Gasteiger charge is -2.11. The summed E-state index contributed by atoms with van der Waals surface area (Å²) in [4.78, 5) is 33.2. The van der Waals surface area contributed by atoms with E-state index < -0.39 is 10.9 Å². The summed E-state index contributed by atoms with van der Waals surface area (Å²) in [7, 11) is 0. The van der Waals surface area contributed by atoms with Crippen LogP contribution < -0.4 is 0 Å². The third-order valence-corrected chi connectivity index (χ3v) is 3.21. The number of aromatic carboxylic acids is 1. The second-order valence-corrected chi connectivity index (χ2v) is 4.40. The second kappa shape index (κ2) is 5.54. The number of nitrogens with zero attached hydrogens (tertiary/aromatic N) is 1. The highest BCUT2D eigenvalue weighted by Crippen LogP contribution is 2.33. The molecule has 0 atom stereocenters. The molecular weight excluding hydrogens is 274 g/mol. The molecule has 0 aromatic heterocycles. The Bertz CT molecular complexity index is 737. The van der Waals surface area contributed by atoms with Crippen LogP contribution in [0, 0.1) is 17.0 Å². The maximum atomic E-state index is 11.4. The number of nitro groups is 1. The van der Waals surface area contributed by atoms with E-state index in [1.165, 1.54) is 13.0 Å². The van der Waals surface area contributed by atoms with Gasteiger partial charge in [-0.3, -0.25) is 14.9 Å². The zero-order valence-corrected chi connectivity index (χ0v) is 11.1. The van der Waals surface area contributed by atoms with Gasteiger partial charge in [0.1, 0.15) is 0 Å². The number of carbonyl (C=O) groups is 2. The maximum absolute atomic E-state index is 11.4. The van der Waals surface area contributed by atoms with E-state index >= 15 is 0 Å². The van der Waals surface area contributed by atoms with Gasteiger partial charge < -0.3 is 5.11 Å². The van der Waals surface area contributed by atoms with Gasteiger partial charge in [-0.1, -0.05) is 30.3 Å². The minimum atomic E-state index is -1.37. The molecule has 6 heteroatoms. The summed E-state index contributed by atoms with van der Waals surface area (Å²) in [6, 6.07) is 9.72. The van der Waals surface area contributed by atoms with E-state index in [0.29, 0.717) is 11.8 Å². The molecule has 0 unspecified atom stereocenters. The molecule has 0 heterocycles. The zero-order chi connectivity index (χ0) is 15.6. The first-order valence-corrected chi connectivity index (χ1v) is 6.03. The van der Waals surface area contributed by atoms with Crippen LogP contribution in [-0.2, 0) is 0 Å². The number of hydrogen-bond donors (Lipinski definition) is 1. The van der Waals surface area contributed by atoms with Gasteiger partial charge in [-0.2, -0.15) is 0 Å². The van der Waals surface area contributed by atoms with Crippen molar-refractivity contribution in [2.45, 2.75) is 6.92 Å². The predicted octanol–water partition coefficient (Wildman–Crippen LogP) is 3.08. The number of carboxylic acid groups (broad SMARTS) is 1. The third-order valence-electron chi connectivity index (χ3n) is 3.21. The van der Waals surface area contributed by atoms with E-state index in [1.807, 2.05) is 0 Å². The first-order valence-electron chi connectivity index (χ1n) is 6.03. The van der Waals surface area contributed by atoms with Crippen molar-refractivity contribution in [3.05, 3.63) is 63.2 Å². The van der Waals surface area contributed by atoms with E-state index in [1.54, 1.807) is 30.3 Å². The molecule has 2 aromatic rings. The fourth-order valence-corrected chi connectivity index (χ4v) is 2.23. The van der Waals surface area contributed by atoms with Gasteiger partial charge in [0.15, 0.2) is 6.29 Å². The van der Waals surface area contributed by atoms with Crippen molar-refractivity contribution in [3.63, 3.8) is 0 Å². The van der Waals surface area contributed by atoms with Gasteiger partial charge in [0.2, 0.25) is 0 Å². The zero-order valence-electron chi connectivity index (χ0n) is 11.1. The Morgan fingerprint density at radius 3 is 2.38 bits per heavy atom. The van der Waals surface area contributed by atoms with Crippen molar-refractivity contribution in [1.82, 2.24) is 0 Å². The SMILES string of the molecule is Cc1c([N+](=O)[O-])cc(-c2ccccc2)c(C=O)c1C(=O)O. The fraction of sp³-hybridized carbons (Fsp3) is 0.0667. The van der Waals surface area contributed by atoms with Crippen molar-refractivity contribution >= 4 is 17.9 Å². The molecule has 2 rings (SSSR count). The van der Waals surface area contributed by atoms with Crippen molar-refractivity contribution in [1.29, 1.82) is 0 Å². The second-order valence-electron chi connectivity index (χ2n) is 4.40. The van der Waals surface area contributed by atoms with Crippen molar-refractivity contribution in [2.75, 3.05) is 0 Å². The highest BCUT2D eigenvalue weighted by molar-refractivity contribution is 6.04. The number of carbonyl (C=O) groups excluding carboxylic acids is 1. The van der Waals surface area contributed by atoms with Crippen molar-refractivity contribution in [3.8, 4) is 11.1 Å². The molecule has 106 valence electrons. The first-order chi connectivity index (χ1) is 9.97. The van der Waals surface area contributed by atoms with Crippen LogP contribution in [0.5, 0.6) is 0 Å². The van der Waals surface area contributed by atoms with Crippen LogP contribution in [0.25, 0.3) is 11.1 Å². The molecule has 0 saturated carbocycles.